The minimum Gasteiger partial charge on any atom is -0.505 e. The van der Waals surface area contributed by atoms with Crippen LogP contribution in [0, 0.1) is 20.8 Å². The number of aromatic hydroxyl groups is 1. The van der Waals surface area contributed by atoms with E-state index in [0.29, 0.717) is 22.3 Å². The van der Waals surface area contributed by atoms with Gasteiger partial charge >= 0.3 is 5.97 Å². The molecule has 0 spiro atoms. The molecule has 2 aromatic carbocycles. The Bertz CT molecular complexity index is 1130. The molecule has 0 saturated heterocycles. The Morgan fingerprint density at radius 3 is 2.30 bits per heavy atom. The molecule has 1 aromatic heterocycles. The number of pyridine rings is 1. The van der Waals surface area contributed by atoms with Gasteiger partial charge in [-0.3, -0.25) is 9.59 Å². The average molecular weight is 410 g/mol. The van der Waals surface area contributed by atoms with Crippen molar-refractivity contribution in [3.05, 3.63) is 52.7 Å². The normalized spacial score (nSPS) is 10.7. The van der Waals surface area contributed by atoms with Gasteiger partial charge in [0.05, 0.1) is 12.5 Å². The molecule has 156 valence electrons. The first-order valence-electron chi connectivity index (χ1n) is 9.17. The minimum absolute atomic E-state index is 0.102. The summed E-state index contributed by atoms with van der Waals surface area (Å²) in [7, 11) is 1.39. The smallest absolute Gasteiger partial charge is 0.322 e. The molecule has 1 heterocycles. The molecule has 0 fully saturated rings. The number of aliphatic carboxylic acids is 1. The van der Waals surface area contributed by atoms with Gasteiger partial charge in [-0.05, 0) is 67.8 Å². The second kappa shape index (κ2) is 8.28. The lowest BCUT2D eigenvalue weighted by Crippen LogP contribution is -2.30. The number of methoxy groups -OCH3 is 1. The van der Waals surface area contributed by atoms with Gasteiger partial charge in [0.25, 0.3) is 5.91 Å². The zero-order valence-corrected chi connectivity index (χ0v) is 17.1. The van der Waals surface area contributed by atoms with Crippen molar-refractivity contribution in [2.75, 3.05) is 13.7 Å². The Hall–Kier alpha value is -3.81. The van der Waals surface area contributed by atoms with Crippen LogP contribution in [0.4, 0.5) is 0 Å². The zero-order chi connectivity index (χ0) is 22.0. The van der Waals surface area contributed by atoms with Crippen molar-refractivity contribution < 1.29 is 29.3 Å². The first kappa shape index (κ1) is 20.9. The number of benzene rings is 2. The van der Waals surface area contributed by atoms with Crippen LogP contribution in [0.25, 0.3) is 10.8 Å². The van der Waals surface area contributed by atoms with E-state index in [-0.39, 0.29) is 17.3 Å². The topological polar surface area (TPSA) is 118 Å². The van der Waals surface area contributed by atoms with Crippen molar-refractivity contribution >= 4 is 22.6 Å². The number of fused-ring (bicyclic) bond motifs is 1. The van der Waals surface area contributed by atoms with E-state index in [1.807, 2.05) is 32.9 Å². The van der Waals surface area contributed by atoms with E-state index in [1.165, 1.54) is 12.7 Å². The Morgan fingerprint density at radius 2 is 1.70 bits per heavy atom. The largest absolute Gasteiger partial charge is 0.505 e. The van der Waals surface area contributed by atoms with Gasteiger partial charge in [0.15, 0.2) is 11.4 Å². The summed E-state index contributed by atoms with van der Waals surface area (Å²) in [4.78, 5) is 26.9. The van der Waals surface area contributed by atoms with Gasteiger partial charge in [0, 0.05) is 5.39 Å². The predicted molar refractivity (Wildman–Crippen MR) is 111 cm³/mol. The minimum atomic E-state index is -1.21. The van der Waals surface area contributed by atoms with Crippen molar-refractivity contribution in [1.29, 1.82) is 0 Å². The second-order valence-electron chi connectivity index (χ2n) is 6.89. The number of carbonyl (C=O) groups excluding carboxylic acids is 1. The van der Waals surface area contributed by atoms with E-state index >= 15 is 0 Å². The number of hydrogen-bond acceptors (Lipinski definition) is 6. The average Bonchev–Trinajstić information content (AvgIpc) is 2.70. The third kappa shape index (κ3) is 4.12. The maximum Gasteiger partial charge on any atom is 0.322 e. The summed E-state index contributed by atoms with van der Waals surface area (Å²) in [5, 5.41) is 22.2. The number of aryl methyl sites for hydroxylation is 2. The van der Waals surface area contributed by atoms with E-state index in [9.17, 15) is 14.7 Å². The Kier molecular flexibility index (Phi) is 5.77. The van der Waals surface area contributed by atoms with Gasteiger partial charge in [0.2, 0.25) is 5.88 Å². The lowest BCUT2D eigenvalue weighted by molar-refractivity contribution is -0.135. The molecule has 0 aliphatic heterocycles. The maximum atomic E-state index is 12.2. The number of carboxylic acid groups (broad SMARTS) is 1. The molecule has 8 heteroatoms. The summed E-state index contributed by atoms with van der Waals surface area (Å²) < 4.78 is 11.3. The lowest BCUT2D eigenvalue weighted by Gasteiger charge is -2.14. The third-order valence-electron chi connectivity index (χ3n) is 4.86. The molecule has 0 bridgehead atoms. The van der Waals surface area contributed by atoms with Crippen molar-refractivity contribution in [3.63, 3.8) is 0 Å². The molecular formula is C22H22N2O6. The molecule has 0 atom stereocenters. The Morgan fingerprint density at radius 1 is 1.03 bits per heavy atom. The van der Waals surface area contributed by atoms with Crippen molar-refractivity contribution in [2.24, 2.45) is 0 Å². The summed E-state index contributed by atoms with van der Waals surface area (Å²) in [6.45, 7) is 5.48. The monoisotopic (exact) mass is 410 g/mol. The number of carboxylic acids is 1. The quantitative estimate of drug-likeness (QED) is 0.569. The van der Waals surface area contributed by atoms with E-state index in [1.54, 1.807) is 18.2 Å². The number of nitrogens with one attached hydrogen (secondary N) is 1. The first-order valence-corrected chi connectivity index (χ1v) is 9.17. The van der Waals surface area contributed by atoms with Gasteiger partial charge in [-0.1, -0.05) is 0 Å². The number of ether oxygens (including phenoxy) is 2. The molecule has 3 N–H and O–H groups in total. The van der Waals surface area contributed by atoms with Crippen LogP contribution in [-0.2, 0) is 4.79 Å². The van der Waals surface area contributed by atoms with Gasteiger partial charge in [-0.15, -0.1) is 0 Å². The van der Waals surface area contributed by atoms with Crippen LogP contribution in [0.3, 0.4) is 0 Å². The van der Waals surface area contributed by atoms with E-state index in [4.69, 9.17) is 14.6 Å². The molecule has 0 aliphatic carbocycles. The molecule has 8 nitrogen and oxygen atoms in total. The number of rotatable bonds is 6. The molecule has 0 saturated carbocycles. The molecule has 0 unspecified atom stereocenters. The highest BCUT2D eigenvalue weighted by Gasteiger charge is 2.20. The number of carbonyl (C=O) groups is 2. The standard InChI is InChI=1S/C22H22N2O6/c1-11-7-15(8-12(2)13(11)3)30-14-5-6-16-17(9-14)22(29-4)24-19(20(16)27)21(28)23-10-18(25)26/h5-9,27H,10H2,1-4H3,(H,23,28)(H,25,26). The van der Waals surface area contributed by atoms with Crippen LogP contribution in [0.1, 0.15) is 27.2 Å². The molecular weight excluding hydrogens is 388 g/mol. The summed E-state index contributed by atoms with van der Waals surface area (Å²) in [6.07, 6.45) is 0. The second-order valence-corrected chi connectivity index (χ2v) is 6.89. The lowest BCUT2D eigenvalue weighted by atomic mass is 10.0. The van der Waals surface area contributed by atoms with E-state index in [0.717, 1.165) is 11.1 Å². The number of hydrogen-bond donors (Lipinski definition) is 3. The molecule has 30 heavy (non-hydrogen) atoms. The van der Waals surface area contributed by atoms with Gasteiger partial charge in [0.1, 0.15) is 18.0 Å². The molecule has 0 radical (unpaired) electrons. The SMILES string of the molecule is COc1nc(C(=O)NCC(=O)O)c(O)c2ccc(Oc3cc(C)c(C)c(C)c3)cc12. The predicted octanol–water partition coefficient (Wildman–Crippen LogP) is 3.48. The summed E-state index contributed by atoms with van der Waals surface area (Å²) in [5.41, 5.74) is 3.10. The van der Waals surface area contributed by atoms with Crippen LogP contribution < -0.4 is 14.8 Å². The fourth-order valence-electron chi connectivity index (χ4n) is 3.06. The summed E-state index contributed by atoms with van der Waals surface area (Å²) in [6, 6.07) is 8.78. The molecule has 1 amide bonds. The van der Waals surface area contributed by atoms with Crippen LogP contribution in [0.15, 0.2) is 30.3 Å². The molecule has 0 aliphatic rings. The van der Waals surface area contributed by atoms with E-state index in [2.05, 4.69) is 10.3 Å². The van der Waals surface area contributed by atoms with Gasteiger partial charge in [-0.25, -0.2) is 4.98 Å². The van der Waals surface area contributed by atoms with Crippen LogP contribution >= 0.6 is 0 Å². The van der Waals surface area contributed by atoms with Crippen LogP contribution in [-0.4, -0.2) is 40.7 Å². The maximum absolute atomic E-state index is 12.2. The highest BCUT2D eigenvalue weighted by atomic mass is 16.5. The summed E-state index contributed by atoms with van der Waals surface area (Å²) >= 11 is 0. The number of aromatic nitrogens is 1. The fraction of sp³-hybridized carbons (Fsp3) is 0.227. The third-order valence-corrected chi connectivity index (χ3v) is 4.86. The van der Waals surface area contributed by atoms with Crippen LogP contribution in [0.2, 0.25) is 0 Å². The molecule has 3 rings (SSSR count). The van der Waals surface area contributed by atoms with Gasteiger partial charge < -0.3 is 25.0 Å². The number of amides is 1. The van der Waals surface area contributed by atoms with Crippen molar-refractivity contribution in [2.45, 2.75) is 20.8 Å². The number of nitrogens with zero attached hydrogens (tertiary/aromatic N) is 1. The highest BCUT2D eigenvalue weighted by Crippen LogP contribution is 2.37. The van der Waals surface area contributed by atoms with Gasteiger partial charge in [-0.2, -0.15) is 0 Å². The first-order chi connectivity index (χ1) is 14.2. The summed E-state index contributed by atoms with van der Waals surface area (Å²) in [5.74, 6) is -1.12. The van der Waals surface area contributed by atoms with Crippen molar-refractivity contribution in [3.8, 4) is 23.1 Å². The molecule has 3 aromatic rings. The fourth-order valence-corrected chi connectivity index (χ4v) is 3.06. The Labute approximate surface area is 173 Å². The highest BCUT2D eigenvalue weighted by molar-refractivity contribution is 6.04. The zero-order valence-electron chi connectivity index (χ0n) is 17.1. The Balaban J connectivity index is 2.01. The van der Waals surface area contributed by atoms with E-state index < -0.39 is 18.4 Å². The van der Waals surface area contributed by atoms with Crippen molar-refractivity contribution in [1.82, 2.24) is 10.3 Å². The van der Waals surface area contributed by atoms with Crippen LogP contribution in [0.5, 0.6) is 23.1 Å².